The molecule has 4 nitrogen and oxygen atoms in total. The summed E-state index contributed by atoms with van der Waals surface area (Å²) in [6.07, 6.45) is 2.94. The van der Waals surface area contributed by atoms with E-state index in [1.165, 1.54) is 18.3 Å². The van der Waals surface area contributed by atoms with Gasteiger partial charge in [-0.15, -0.1) is 0 Å². The number of anilines is 3. The first-order valence-corrected chi connectivity index (χ1v) is 8.01. The summed E-state index contributed by atoms with van der Waals surface area (Å²) in [5, 5.41) is 6.53. The summed E-state index contributed by atoms with van der Waals surface area (Å²) in [6.45, 7) is 0. The molecule has 0 radical (unpaired) electrons. The highest BCUT2D eigenvalue weighted by Crippen LogP contribution is 2.28. The molecule has 1 aromatic heterocycles. The minimum atomic E-state index is -0.508. The van der Waals surface area contributed by atoms with E-state index in [0.717, 1.165) is 0 Å². The molecular formula is C18H12Cl2FN3O. The van der Waals surface area contributed by atoms with Crippen LogP contribution in [0.2, 0.25) is 10.0 Å². The second-order valence-electron chi connectivity index (χ2n) is 5.15. The van der Waals surface area contributed by atoms with Gasteiger partial charge < -0.3 is 10.6 Å². The van der Waals surface area contributed by atoms with Crippen molar-refractivity contribution in [2.24, 2.45) is 0 Å². The molecule has 7 heteroatoms. The first kappa shape index (κ1) is 17.2. The number of carbonyl (C=O) groups is 1. The number of aromatic nitrogens is 1. The Bertz CT molecular complexity index is 934. The zero-order valence-corrected chi connectivity index (χ0v) is 14.3. The van der Waals surface area contributed by atoms with E-state index in [1.807, 2.05) is 0 Å². The molecule has 126 valence electrons. The van der Waals surface area contributed by atoms with Gasteiger partial charge in [-0.3, -0.25) is 9.78 Å². The van der Waals surface area contributed by atoms with Crippen molar-refractivity contribution in [1.82, 2.24) is 4.98 Å². The maximum absolute atomic E-state index is 13.6. The first-order chi connectivity index (χ1) is 12.0. The number of carbonyl (C=O) groups excluding carboxylic acids is 1. The zero-order chi connectivity index (χ0) is 17.8. The summed E-state index contributed by atoms with van der Waals surface area (Å²) >= 11 is 12.0. The van der Waals surface area contributed by atoms with E-state index in [4.69, 9.17) is 23.2 Å². The third-order valence-electron chi connectivity index (χ3n) is 3.33. The highest BCUT2D eigenvalue weighted by molar-refractivity contribution is 6.36. The largest absolute Gasteiger partial charge is 0.353 e. The Balaban J connectivity index is 1.79. The molecule has 0 aliphatic carbocycles. The van der Waals surface area contributed by atoms with E-state index >= 15 is 0 Å². The highest BCUT2D eigenvalue weighted by atomic mass is 35.5. The zero-order valence-electron chi connectivity index (χ0n) is 12.8. The van der Waals surface area contributed by atoms with Crippen molar-refractivity contribution in [1.29, 1.82) is 0 Å². The Morgan fingerprint density at radius 3 is 2.56 bits per heavy atom. The van der Waals surface area contributed by atoms with Gasteiger partial charge in [-0.25, -0.2) is 4.39 Å². The van der Waals surface area contributed by atoms with Crippen LogP contribution in [0.3, 0.4) is 0 Å². The van der Waals surface area contributed by atoms with Crippen molar-refractivity contribution in [3.8, 4) is 0 Å². The van der Waals surface area contributed by atoms with Crippen LogP contribution in [0.4, 0.5) is 21.5 Å². The van der Waals surface area contributed by atoms with Crippen LogP contribution in [0.15, 0.2) is 60.9 Å². The lowest BCUT2D eigenvalue weighted by atomic mass is 10.2. The molecule has 0 aliphatic heterocycles. The van der Waals surface area contributed by atoms with Gasteiger partial charge in [0, 0.05) is 11.2 Å². The molecule has 0 saturated heterocycles. The summed E-state index contributed by atoms with van der Waals surface area (Å²) in [6, 6.07) is 12.5. The standard InChI is InChI=1S/C18H12Cl2FN3O/c19-12-5-6-16(14(20)8-12)23-13-7-11(9-22-10-13)18(25)24-17-4-2-1-3-15(17)21/h1-10,23H,(H,24,25). The lowest BCUT2D eigenvalue weighted by Crippen LogP contribution is -2.13. The van der Waals surface area contributed by atoms with E-state index in [1.54, 1.807) is 42.6 Å². The fraction of sp³-hybridized carbons (Fsp3) is 0. The summed E-state index contributed by atoms with van der Waals surface area (Å²) in [5.74, 6) is -0.977. The fourth-order valence-corrected chi connectivity index (χ4v) is 2.59. The van der Waals surface area contributed by atoms with Gasteiger partial charge in [-0.1, -0.05) is 35.3 Å². The van der Waals surface area contributed by atoms with E-state index < -0.39 is 11.7 Å². The maximum Gasteiger partial charge on any atom is 0.257 e. The van der Waals surface area contributed by atoms with Gasteiger partial charge in [0.2, 0.25) is 0 Å². The van der Waals surface area contributed by atoms with Gasteiger partial charge in [-0.05, 0) is 36.4 Å². The van der Waals surface area contributed by atoms with Crippen LogP contribution in [0.1, 0.15) is 10.4 Å². The second kappa shape index (κ2) is 7.51. The van der Waals surface area contributed by atoms with E-state index in [9.17, 15) is 9.18 Å². The highest BCUT2D eigenvalue weighted by Gasteiger charge is 2.11. The monoisotopic (exact) mass is 375 g/mol. The number of nitrogens with one attached hydrogen (secondary N) is 2. The van der Waals surface area contributed by atoms with Crippen LogP contribution in [0.5, 0.6) is 0 Å². The first-order valence-electron chi connectivity index (χ1n) is 7.26. The molecule has 25 heavy (non-hydrogen) atoms. The minimum absolute atomic E-state index is 0.103. The molecule has 0 aliphatic rings. The van der Waals surface area contributed by atoms with Crippen molar-refractivity contribution in [3.63, 3.8) is 0 Å². The third kappa shape index (κ3) is 4.26. The predicted octanol–water partition coefficient (Wildman–Crippen LogP) is 5.52. The Morgan fingerprint density at radius 2 is 1.80 bits per heavy atom. The van der Waals surface area contributed by atoms with Crippen LogP contribution in [0, 0.1) is 5.82 Å². The summed E-state index contributed by atoms with van der Waals surface area (Å²) < 4.78 is 13.6. The quantitative estimate of drug-likeness (QED) is 0.630. The number of hydrogen-bond acceptors (Lipinski definition) is 3. The molecule has 0 atom stereocenters. The lowest BCUT2D eigenvalue weighted by Gasteiger charge is -2.10. The molecule has 0 spiro atoms. The number of rotatable bonds is 4. The Hall–Kier alpha value is -2.63. The molecule has 3 rings (SSSR count). The number of benzene rings is 2. The van der Waals surface area contributed by atoms with Gasteiger partial charge in [0.15, 0.2) is 0 Å². The smallest absolute Gasteiger partial charge is 0.257 e. The van der Waals surface area contributed by atoms with Crippen LogP contribution >= 0.6 is 23.2 Å². The van der Waals surface area contributed by atoms with Crippen LogP contribution < -0.4 is 10.6 Å². The average molecular weight is 376 g/mol. The van der Waals surface area contributed by atoms with Crippen molar-refractivity contribution in [2.45, 2.75) is 0 Å². The summed E-state index contributed by atoms with van der Waals surface area (Å²) in [5.41, 5.74) is 1.56. The molecule has 2 aromatic carbocycles. The minimum Gasteiger partial charge on any atom is -0.353 e. The molecule has 0 fully saturated rings. The normalized spacial score (nSPS) is 10.4. The summed E-state index contributed by atoms with van der Waals surface area (Å²) in [7, 11) is 0. The molecule has 0 bridgehead atoms. The topological polar surface area (TPSA) is 54.0 Å². The molecule has 1 amide bonds. The number of hydrogen-bond donors (Lipinski definition) is 2. The van der Waals surface area contributed by atoms with Crippen LogP contribution in [-0.2, 0) is 0 Å². The molecular weight excluding hydrogens is 364 g/mol. The van der Waals surface area contributed by atoms with Crippen LogP contribution in [0.25, 0.3) is 0 Å². The van der Waals surface area contributed by atoms with Gasteiger partial charge in [-0.2, -0.15) is 0 Å². The number of halogens is 3. The van der Waals surface area contributed by atoms with Crippen molar-refractivity contribution in [2.75, 3.05) is 10.6 Å². The van der Waals surface area contributed by atoms with Crippen molar-refractivity contribution in [3.05, 3.63) is 82.4 Å². The van der Waals surface area contributed by atoms with Gasteiger partial charge >= 0.3 is 0 Å². The Labute approximate surface area is 153 Å². The van der Waals surface area contributed by atoms with E-state index in [-0.39, 0.29) is 11.3 Å². The average Bonchev–Trinajstić information content (AvgIpc) is 2.60. The number of para-hydroxylation sites is 1. The van der Waals surface area contributed by atoms with Gasteiger partial charge in [0.25, 0.3) is 5.91 Å². The maximum atomic E-state index is 13.6. The Morgan fingerprint density at radius 1 is 1.00 bits per heavy atom. The predicted molar refractivity (Wildman–Crippen MR) is 98.3 cm³/mol. The third-order valence-corrected chi connectivity index (χ3v) is 3.88. The SMILES string of the molecule is O=C(Nc1ccccc1F)c1cncc(Nc2ccc(Cl)cc2Cl)c1. The molecule has 2 N–H and O–H groups in total. The number of amides is 1. The lowest BCUT2D eigenvalue weighted by molar-refractivity contribution is 0.102. The fourth-order valence-electron chi connectivity index (χ4n) is 2.14. The molecule has 3 aromatic rings. The van der Waals surface area contributed by atoms with Crippen LogP contribution in [-0.4, -0.2) is 10.9 Å². The number of nitrogens with zero attached hydrogens (tertiary/aromatic N) is 1. The second-order valence-corrected chi connectivity index (χ2v) is 5.99. The summed E-state index contributed by atoms with van der Waals surface area (Å²) in [4.78, 5) is 16.3. The van der Waals surface area contributed by atoms with E-state index in [0.29, 0.717) is 21.4 Å². The Kier molecular flexibility index (Phi) is 5.16. The van der Waals surface area contributed by atoms with Crippen molar-refractivity contribution < 1.29 is 9.18 Å². The molecule has 1 heterocycles. The molecule has 0 unspecified atom stereocenters. The van der Waals surface area contributed by atoms with Crippen molar-refractivity contribution >= 4 is 46.2 Å². The molecule has 0 saturated carbocycles. The van der Waals surface area contributed by atoms with E-state index in [2.05, 4.69) is 15.6 Å². The number of pyridine rings is 1. The van der Waals surface area contributed by atoms with Gasteiger partial charge in [0.05, 0.1) is 33.8 Å². The van der Waals surface area contributed by atoms with Gasteiger partial charge in [0.1, 0.15) is 5.82 Å².